The maximum atomic E-state index is 9.83. The van der Waals surface area contributed by atoms with Crippen LogP contribution in [0, 0.1) is 0 Å². The van der Waals surface area contributed by atoms with Gasteiger partial charge in [-0.15, -0.1) is 0 Å². The fourth-order valence-corrected chi connectivity index (χ4v) is 3.16. The molecule has 2 unspecified atom stereocenters. The van der Waals surface area contributed by atoms with Crippen molar-refractivity contribution in [3.05, 3.63) is 0 Å². The van der Waals surface area contributed by atoms with E-state index in [2.05, 4.69) is 9.80 Å². The number of ether oxygens (including phenoxy) is 1. The molecule has 0 aromatic heterocycles. The van der Waals surface area contributed by atoms with Crippen LogP contribution in [0.3, 0.4) is 0 Å². The molecule has 2 rings (SSSR count). The highest BCUT2D eigenvalue weighted by Gasteiger charge is 2.25. The minimum Gasteiger partial charge on any atom is -0.392 e. The summed E-state index contributed by atoms with van der Waals surface area (Å²) in [5.41, 5.74) is 0. The topological polar surface area (TPSA) is 35.9 Å². The van der Waals surface area contributed by atoms with Crippen LogP contribution in [0.1, 0.15) is 32.6 Å². The lowest BCUT2D eigenvalue weighted by Gasteiger charge is -2.38. The van der Waals surface area contributed by atoms with Crippen LogP contribution < -0.4 is 0 Å². The molecule has 2 fully saturated rings. The summed E-state index contributed by atoms with van der Waals surface area (Å²) in [6.07, 6.45) is 4.75. The summed E-state index contributed by atoms with van der Waals surface area (Å²) in [5.74, 6) is 0. The van der Waals surface area contributed by atoms with Crippen molar-refractivity contribution < 1.29 is 9.84 Å². The van der Waals surface area contributed by atoms with E-state index in [4.69, 9.17) is 4.74 Å². The van der Waals surface area contributed by atoms with E-state index in [0.29, 0.717) is 6.04 Å². The zero-order chi connectivity index (χ0) is 12.8. The van der Waals surface area contributed by atoms with Gasteiger partial charge in [-0.3, -0.25) is 9.80 Å². The average Bonchev–Trinajstić information content (AvgIpc) is 2.40. The zero-order valence-corrected chi connectivity index (χ0v) is 11.7. The Kier molecular flexibility index (Phi) is 5.89. The van der Waals surface area contributed by atoms with Crippen LogP contribution in [-0.4, -0.2) is 73.0 Å². The molecule has 2 atom stereocenters. The first-order chi connectivity index (χ1) is 8.77. The molecule has 0 amide bonds. The summed E-state index contributed by atoms with van der Waals surface area (Å²) in [4.78, 5) is 4.99. The van der Waals surface area contributed by atoms with E-state index in [1.165, 1.54) is 32.4 Å². The first kappa shape index (κ1) is 14.3. The standard InChI is InChI=1S/C14H28N2O2/c1-13(17)14-5-2-3-7-16(14)8-4-6-15-9-11-18-12-10-15/h13-14,17H,2-12H2,1H3. The van der Waals surface area contributed by atoms with Crippen LogP contribution >= 0.6 is 0 Å². The van der Waals surface area contributed by atoms with Gasteiger partial charge < -0.3 is 9.84 Å². The second-order valence-electron chi connectivity index (χ2n) is 5.65. The Labute approximate surface area is 111 Å². The SMILES string of the molecule is CC(O)C1CCCCN1CCCN1CCOCC1. The second kappa shape index (κ2) is 7.43. The molecule has 2 heterocycles. The van der Waals surface area contributed by atoms with Crippen molar-refractivity contribution in [2.45, 2.75) is 44.8 Å². The minimum absolute atomic E-state index is 0.186. The largest absolute Gasteiger partial charge is 0.392 e. The molecule has 18 heavy (non-hydrogen) atoms. The molecule has 0 bridgehead atoms. The van der Waals surface area contributed by atoms with Crippen molar-refractivity contribution >= 4 is 0 Å². The number of aliphatic hydroxyl groups is 1. The molecule has 4 nitrogen and oxygen atoms in total. The van der Waals surface area contributed by atoms with Crippen molar-refractivity contribution in [2.24, 2.45) is 0 Å². The van der Waals surface area contributed by atoms with Crippen LogP contribution in [0.2, 0.25) is 0 Å². The van der Waals surface area contributed by atoms with Crippen molar-refractivity contribution in [2.75, 3.05) is 45.9 Å². The predicted octanol–water partition coefficient (Wildman–Crippen LogP) is 0.944. The molecule has 2 aliphatic heterocycles. The zero-order valence-electron chi connectivity index (χ0n) is 11.7. The molecule has 2 saturated heterocycles. The number of hydrogen-bond donors (Lipinski definition) is 1. The Hall–Kier alpha value is -0.160. The first-order valence-electron chi connectivity index (χ1n) is 7.49. The molecular weight excluding hydrogens is 228 g/mol. The second-order valence-corrected chi connectivity index (χ2v) is 5.65. The van der Waals surface area contributed by atoms with Crippen molar-refractivity contribution in [3.63, 3.8) is 0 Å². The Morgan fingerprint density at radius 2 is 1.94 bits per heavy atom. The lowest BCUT2D eigenvalue weighted by atomic mass is 9.98. The Morgan fingerprint density at radius 3 is 2.67 bits per heavy atom. The smallest absolute Gasteiger partial charge is 0.0667 e. The van der Waals surface area contributed by atoms with Gasteiger partial charge in [0.1, 0.15) is 0 Å². The molecule has 0 aromatic rings. The van der Waals surface area contributed by atoms with E-state index < -0.39 is 0 Å². The lowest BCUT2D eigenvalue weighted by molar-refractivity contribution is 0.0225. The Bertz CT molecular complexity index is 230. The normalized spacial score (nSPS) is 29.3. The fraction of sp³-hybridized carbons (Fsp3) is 1.00. The summed E-state index contributed by atoms with van der Waals surface area (Å²) in [7, 11) is 0. The third kappa shape index (κ3) is 4.19. The van der Waals surface area contributed by atoms with Crippen molar-refractivity contribution in [1.82, 2.24) is 9.80 Å². The molecule has 4 heteroatoms. The molecule has 0 aromatic carbocycles. The van der Waals surface area contributed by atoms with Gasteiger partial charge in [0, 0.05) is 19.1 Å². The third-order valence-corrected chi connectivity index (χ3v) is 4.24. The van der Waals surface area contributed by atoms with Crippen LogP contribution in [0.15, 0.2) is 0 Å². The van der Waals surface area contributed by atoms with Gasteiger partial charge in [-0.2, -0.15) is 0 Å². The Balaban J connectivity index is 1.67. The molecular formula is C14H28N2O2. The van der Waals surface area contributed by atoms with E-state index >= 15 is 0 Å². The maximum absolute atomic E-state index is 9.83. The van der Waals surface area contributed by atoms with E-state index in [1.54, 1.807) is 0 Å². The lowest BCUT2D eigenvalue weighted by Crippen LogP contribution is -2.47. The number of morpholine rings is 1. The molecule has 106 valence electrons. The highest BCUT2D eigenvalue weighted by molar-refractivity contribution is 4.81. The van der Waals surface area contributed by atoms with Crippen molar-refractivity contribution in [3.8, 4) is 0 Å². The van der Waals surface area contributed by atoms with Crippen LogP contribution in [0.25, 0.3) is 0 Å². The number of nitrogens with zero attached hydrogens (tertiary/aromatic N) is 2. The maximum Gasteiger partial charge on any atom is 0.0667 e. The van der Waals surface area contributed by atoms with Gasteiger partial charge in [0.2, 0.25) is 0 Å². The molecule has 1 N–H and O–H groups in total. The van der Waals surface area contributed by atoms with Gasteiger partial charge in [-0.25, -0.2) is 0 Å². The van der Waals surface area contributed by atoms with E-state index in [9.17, 15) is 5.11 Å². The summed E-state index contributed by atoms with van der Waals surface area (Å²) in [5, 5.41) is 9.83. The van der Waals surface area contributed by atoms with E-state index in [0.717, 1.165) is 39.3 Å². The van der Waals surface area contributed by atoms with Crippen LogP contribution in [0.4, 0.5) is 0 Å². The Morgan fingerprint density at radius 1 is 1.17 bits per heavy atom. The third-order valence-electron chi connectivity index (χ3n) is 4.24. The average molecular weight is 256 g/mol. The predicted molar refractivity (Wildman–Crippen MR) is 72.8 cm³/mol. The number of rotatable bonds is 5. The summed E-state index contributed by atoms with van der Waals surface area (Å²) >= 11 is 0. The first-order valence-corrected chi connectivity index (χ1v) is 7.49. The molecule has 0 aliphatic carbocycles. The van der Waals surface area contributed by atoms with Crippen LogP contribution in [-0.2, 0) is 4.74 Å². The van der Waals surface area contributed by atoms with Gasteiger partial charge in [-0.05, 0) is 45.8 Å². The quantitative estimate of drug-likeness (QED) is 0.794. The van der Waals surface area contributed by atoms with E-state index in [-0.39, 0.29) is 6.10 Å². The van der Waals surface area contributed by atoms with Crippen molar-refractivity contribution in [1.29, 1.82) is 0 Å². The number of likely N-dealkylation sites (tertiary alicyclic amines) is 1. The van der Waals surface area contributed by atoms with Gasteiger partial charge in [0.05, 0.1) is 19.3 Å². The number of piperidine rings is 1. The fourth-order valence-electron chi connectivity index (χ4n) is 3.16. The van der Waals surface area contributed by atoms with Crippen LogP contribution in [0.5, 0.6) is 0 Å². The molecule has 2 aliphatic rings. The number of hydrogen-bond acceptors (Lipinski definition) is 4. The summed E-state index contributed by atoms with van der Waals surface area (Å²) < 4.78 is 5.36. The number of aliphatic hydroxyl groups excluding tert-OH is 1. The highest BCUT2D eigenvalue weighted by atomic mass is 16.5. The van der Waals surface area contributed by atoms with Gasteiger partial charge in [0.15, 0.2) is 0 Å². The monoisotopic (exact) mass is 256 g/mol. The van der Waals surface area contributed by atoms with Gasteiger partial charge in [0.25, 0.3) is 0 Å². The van der Waals surface area contributed by atoms with Gasteiger partial charge in [-0.1, -0.05) is 6.42 Å². The van der Waals surface area contributed by atoms with E-state index in [1.807, 2.05) is 6.92 Å². The molecule has 0 saturated carbocycles. The highest BCUT2D eigenvalue weighted by Crippen LogP contribution is 2.19. The minimum atomic E-state index is -0.186. The molecule has 0 radical (unpaired) electrons. The van der Waals surface area contributed by atoms with Gasteiger partial charge >= 0.3 is 0 Å². The summed E-state index contributed by atoms with van der Waals surface area (Å²) in [6.45, 7) is 9.35. The summed E-state index contributed by atoms with van der Waals surface area (Å²) in [6, 6.07) is 0.392. The molecule has 0 spiro atoms.